The normalized spacial score (nSPS) is 10.2. The highest BCUT2D eigenvalue weighted by Crippen LogP contribution is 2.24. The molecule has 26 heavy (non-hydrogen) atoms. The number of pyridine rings is 2. The molecule has 1 aromatic carbocycles. The third-order valence-corrected chi connectivity index (χ3v) is 3.70. The molecule has 0 saturated carbocycles. The lowest BCUT2D eigenvalue weighted by Gasteiger charge is -2.13. The number of hydrogen-bond acceptors (Lipinski definition) is 4. The predicted molar refractivity (Wildman–Crippen MR) is 101 cm³/mol. The van der Waals surface area contributed by atoms with Gasteiger partial charge in [0.2, 0.25) is 0 Å². The molecule has 3 rings (SSSR count). The molecular weight excluding hydrogens is 328 g/mol. The number of amides is 2. The van der Waals surface area contributed by atoms with E-state index in [1.54, 1.807) is 24.7 Å². The molecule has 0 saturated heterocycles. The van der Waals surface area contributed by atoms with Crippen molar-refractivity contribution in [3.8, 4) is 17.0 Å². The zero-order valence-corrected chi connectivity index (χ0v) is 14.5. The Morgan fingerprint density at radius 3 is 2.73 bits per heavy atom. The maximum Gasteiger partial charge on any atom is 0.319 e. The summed E-state index contributed by atoms with van der Waals surface area (Å²) in [6, 6.07) is 14.6. The number of carbonyl (C=O) groups excluding carboxylic acids is 1. The fourth-order valence-corrected chi connectivity index (χ4v) is 2.54. The van der Waals surface area contributed by atoms with E-state index in [1.807, 2.05) is 49.4 Å². The monoisotopic (exact) mass is 348 g/mol. The Hall–Kier alpha value is -3.41. The minimum atomic E-state index is -0.307. The fraction of sp³-hybridized carbons (Fsp3) is 0.150. The first-order chi connectivity index (χ1) is 12.8. The van der Waals surface area contributed by atoms with Crippen LogP contribution in [0.1, 0.15) is 12.5 Å². The Kier molecular flexibility index (Phi) is 5.77. The van der Waals surface area contributed by atoms with Gasteiger partial charge in [0.25, 0.3) is 0 Å². The molecule has 6 nitrogen and oxygen atoms in total. The van der Waals surface area contributed by atoms with Crippen LogP contribution in [-0.2, 0) is 6.54 Å². The van der Waals surface area contributed by atoms with Crippen LogP contribution in [0.4, 0.5) is 10.5 Å². The SMILES string of the molecule is CCOc1ccccc1NC(=O)NCc1cccnc1-c1cccnc1. The molecule has 0 unspecified atom stereocenters. The van der Waals surface area contributed by atoms with Crippen LogP contribution in [0.25, 0.3) is 11.3 Å². The summed E-state index contributed by atoms with van der Waals surface area (Å²) in [5, 5.41) is 5.68. The van der Waals surface area contributed by atoms with Gasteiger partial charge in [-0.3, -0.25) is 9.97 Å². The average Bonchev–Trinajstić information content (AvgIpc) is 2.69. The van der Waals surface area contributed by atoms with Crippen molar-refractivity contribution in [2.75, 3.05) is 11.9 Å². The van der Waals surface area contributed by atoms with E-state index in [1.165, 1.54) is 0 Å². The lowest BCUT2D eigenvalue weighted by Crippen LogP contribution is -2.28. The fourth-order valence-electron chi connectivity index (χ4n) is 2.54. The van der Waals surface area contributed by atoms with Gasteiger partial charge in [0.1, 0.15) is 5.75 Å². The Balaban J connectivity index is 1.68. The molecule has 0 aliphatic carbocycles. The van der Waals surface area contributed by atoms with E-state index in [2.05, 4.69) is 20.6 Å². The zero-order valence-electron chi connectivity index (χ0n) is 14.5. The number of anilines is 1. The molecule has 0 fully saturated rings. The molecule has 132 valence electrons. The lowest BCUT2D eigenvalue weighted by molar-refractivity contribution is 0.251. The van der Waals surface area contributed by atoms with Gasteiger partial charge in [-0.1, -0.05) is 18.2 Å². The lowest BCUT2D eigenvalue weighted by atomic mass is 10.1. The number of nitrogens with zero attached hydrogens (tertiary/aromatic N) is 2. The maximum atomic E-state index is 12.3. The van der Waals surface area contributed by atoms with Gasteiger partial charge in [-0.15, -0.1) is 0 Å². The number of carbonyl (C=O) groups is 1. The van der Waals surface area contributed by atoms with Crippen molar-refractivity contribution in [3.05, 3.63) is 72.7 Å². The van der Waals surface area contributed by atoms with E-state index in [0.717, 1.165) is 16.8 Å². The van der Waals surface area contributed by atoms with Gasteiger partial charge >= 0.3 is 6.03 Å². The second kappa shape index (κ2) is 8.62. The molecule has 0 radical (unpaired) electrons. The van der Waals surface area contributed by atoms with Crippen LogP contribution in [0.15, 0.2) is 67.1 Å². The Bertz CT molecular complexity index is 868. The van der Waals surface area contributed by atoms with Gasteiger partial charge in [-0.25, -0.2) is 4.79 Å². The molecule has 3 aromatic rings. The van der Waals surface area contributed by atoms with Crippen LogP contribution >= 0.6 is 0 Å². The molecule has 0 aliphatic heterocycles. The standard InChI is InChI=1S/C20H20N4O2/c1-2-26-18-10-4-3-9-17(18)24-20(25)23-14-16-8-6-12-22-19(16)15-7-5-11-21-13-15/h3-13H,2,14H2,1H3,(H2,23,24,25). The molecule has 0 aliphatic rings. The quantitative estimate of drug-likeness (QED) is 0.709. The maximum absolute atomic E-state index is 12.3. The van der Waals surface area contributed by atoms with Gasteiger partial charge in [0, 0.05) is 30.7 Å². The van der Waals surface area contributed by atoms with E-state index in [9.17, 15) is 4.79 Å². The summed E-state index contributed by atoms with van der Waals surface area (Å²) in [5.41, 5.74) is 3.25. The number of nitrogens with one attached hydrogen (secondary N) is 2. The number of benzene rings is 1. The van der Waals surface area contributed by atoms with Crippen LogP contribution in [0.3, 0.4) is 0 Å². The molecule has 2 N–H and O–H groups in total. The third-order valence-electron chi connectivity index (χ3n) is 3.70. The van der Waals surface area contributed by atoms with Crippen molar-refractivity contribution < 1.29 is 9.53 Å². The smallest absolute Gasteiger partial charge is 0.319 e. The van der Waals surface area contributed by atoms with Crippen molar-refractivity contribution in [1.82, 2.24) is 15.3 Å². The average molecular weight is 348 g/mol. The van der Waals surface area contributed by atoms with Crippen LogP contribution < -0.4 is 15.4 Å². The summed E-state index contributed by atoms with van der Waals surface area (Å²) in [6.07, 6.45) is 5.20. The van der Waals surface area contributed by atoms with Gasteiger partial charge in [-0.05, 0) is 42.8 Å². The highest BCUT2D eigenvalue weighted by molar-refractivity contribution is 5.90. The number of rotatable bonds is 6. The van der Waals surface area contributed by atoms with Crippen LogP contribution in [0.5, 0.6) is 5.75 Å². The summed E-state index contributed by atoms with van der Waals surface area (Å²) >= 11 is 0. The molecule has 0 atom stereocenters. The first-order valence-electron chi connectivity index (χ1n) is 8.39. The molecule has 2 heterocycles. The molecule has 2 amide bonds. The second-order valence-electron chi connectivity index (χ2n) is 5.49. The summed E-state index contributed by atoms with van der Waals surface area (Å²) in [5.74, 6) is 0.641. The van der Waals surface area contributed by atoms with E-state index >= 15 is 0 Å². The van der Waals surface area contributed by atoms with Crippen LogP contribution in [-0.4, -0.2) is 22.6 Å². The minimum Gasteiger partial charge on any atom is -0.492 e. The van der Waals surface area contributed by atoms with Crippen molar-refractivity contribution in [3.63, 3.8) is 0 Å². The van der Waals surface area contributed by atoms with Crippen molar-refractivity contribution >= 4 is 11.7 Å². The molecule has 0 spiro atoms. The summed E-state index contributed by atoms with van der Waals surface area (Å²) in [7, 11) is 0. The van der Waals surface area contributed by atoms with Gasteiger partial charge in [0.05, 0.1) is 18.0 Å². The molecular formula is C20H20N4O2. The van der Waals surface area contributed by atoms with E-state index < -0.39 is 0 Å². The third kappa shape index (κ3) is 4.36. The van der Waals surface area contributed by atoms with Crippen molar-refractivity contribution in [1.29, 1.82) is 0 Å². The van der Waals surface area contributed by atoms with E-state index in [-0.39, 0.29) is 6.03 Å². The van der Waals surface area contributed by atoms with Gasteiger partial charge < -0.3 is 15.4 Å². The second-order valence-corrected chi connectivity index (χ2v) is 5.49. The first-order valence-corrected chi connectivity index (χ1v) is 8.39. The molecule has 0 bridgehead atoms. The summed E-state index contributed by atoms with van der Waals surface area (Å²) in [6.45, 7) is 2.78. The van der Waals surface area contributed by atoms with Gasteiger partial charge in [0.15, 0.2) is 0 Å². The number of ether oxygens (including phenoxy) is 1. The minimum absolute atomic E-state index is 0.307. The Labute approximate surface area is 152 Å². The predicted octanol–water partition coefficient (Wildman–Crippen LogP) is 3.86. The molecule has 6 heteroatoms. The number of hydrogen-bond donors (Lipinski definition) is 2. The van der Waals surface area contributed by atoms with E-state index in [0.29, 0.717) is 24.6 Å². The largest absolute Gasteiger partial charge is 0.492 e. The van der Waals surface area contributed by atoms with E-state index in [4.69, 9.17) is 4.74 Å². The van der Waals surface area contributed by atoms with Crippen molar-refractivity contribution in [2.45, 2.75) is 13.5 Å². The molecule has 2 aromatic heterocycles. The van der Waals surface area contributed by atoms with Gasteiger partial charge in [-0.2, -0.15) is 0 Å². The summed E-state index contributed by atoms with van der Waals surface area (Å²) in [4.78, 5) is 20.8. The van der Waals surface area contributed by atoms with Crippen LogP contribution in [0, 0.1) is 0 Å². The highest BCUT2D eigenvalue weighted by Gasteiger charge is 2.10. The Morgan fingerprint density at radius 2 is 1.92 bits per heavy atom. The van der Waals surface area contributed by atoms with Crippen LogP contribution in [0.2, 0.25) is 0 Å². The first kappa shape index (κ1) is 17.4. The Morgan fingerprint density at radius 1 is 1.08 bits per heavy atom. The topological polar surface area (TPSA) is 76.1 Å². The van der Waals surface area contributed by atoms with Crippen molar-refractivity contribution in [2.24, 2.45) is 0 Å². The number of para-hydroxylation sites is 2. The highest BCUT2D eigenvalue weighted by atomic mass is 16.5. The number of urea groups is 1. The number of aromatic nitrogens is 2. The summed E-state index contributed by atoms with van der Waals surface area (Å²) < 4.78 is 5.52. The zero-order chi connectivity index (χ0) is 18.2.